The maximum atomic E-state index is 12.6. The maximum Gasteiger partial charge on any atom is 0.233 e. The van der Waals surface area contributed by atoms with Crippen molar-refractivity contribution in [2.45, 2.75) is 75.4 Å². The molecule has 136 valence electrons. The molecule has 0 aromatic carbocycles. The van der Waals surface area contributed by atoms with Gasteiger partial charge in [0, 0.05) is 12.6 Å². The maximum absolute atomic E-state index is 12.6. The topological polar surface area (TPSA) is 59.8 Å². The highest BCUT2D eigenvalue weighted by molar-refractivity contribution is 8.00. The van der Waals surface area contributed by atoms with Crippen molar-refractivity contribution >= 4 is 29.0 Å². The van der Waals surface area contributed by atoms with Gasteiger partial charge in [0.2, 0.25) is 5.91 Å². The number of thiophene rings is 1. The van der Waals surface area contributed by atoms with Gasteiger partial charge in [0.25, 0.3) is 0 Å². The van der Waals surface area contributed by atoms with Crippen molar-refractivity contribution in [2.24, 2.45) is 0 Å². The third-order valence-electron chi connectivity index (χ3n) is 4.63. The fourth-order valence-corrected chi connectivity index (χ4v) is 4.84. The number of amides is 1. The number of nitrogens with one attached hydrogen (secondary N) is 1. The fraction of sp³-hybridized carbons (Fsp3) is 0.611. The first-order valence-corrected chi connectivity index (χ1v) is 10.9. The number of thioether (sulfide) groups is 1. The first-order chi connectivity index (χ1) is 12.2. The average Bonchev–Trinajstić information content (AvgIpc) is 3.19. The molecule has 0 saturated heterocycles. The lowest BCUT2D eigenvalue weighted by molar-refractivity contribution is -0.121. The lowest BCUT2D eigenvalue weighted by Gasteiger charge is -2.19. The van der Waals surface area contributed by atoms with Crippen molar-refractivity contribution in [3.8, 4) is 10.7 Å². The number of aromatic nitrogens is 3. The van der Waals surface area contributed by atoms with Gasteiger partial charge in [-0.15, -0.1) is 21.5 Å². The second-order valence-corrected chi connectivity index (χ2v) is 8.74. The standard InChI is InChI=1S/C18H26N4OS2/c1-3-22-16(15-11-8-12-24-15)20-21-18(22)25-13(2)17(23)19-14-9-6-4-5-7-10-14/h8,11-14H,3-7,9-10H2,1-2H3,(H,19,23)/t13-/m1/s1. The number of nitrogens with zero attached hydrogens (tertiary/aromatic N) is 3. The molecule has 1 atom stereocenters. The molecular formula is C18H26N4OS2. The van der Waals surface area contributed by atoms with Crippen LogP contribution in [0.4, 0.5) is 0 Å². The summed E-state index contributed by atoms with van der Waals surface area (Å²) in [6, 6.07) is 4.41. The van der Waals surface area contributed by atoms with Gasteiger partial charge in [-0.3, -0.25) is 4.79 Å². The SMILES string of the molecule is CCn1c(S[C@H](C)C(=O)NC2CCCCCC2)nnc1-c1cccs1. The van der Waals surface area contributed by atoms with Gasteiger partial charge in [-0.25, -0.2) is 0 Å². The summed E-state index contributed by atoms with van der Waals surface area (Å²) in [5, 5.41) is 14.6. The second kappa shape index (κ2) is 8.85. The van der Waals surface area contributed by atoms with Crippen LogP contribution in [-0.2, 0) is 11.3 Å². The van der Waals surface area contributed by atoms with Crippen LogP contribution in [0.15, 0.2) is 22.7 Å². The van der Waals surface area contributed by atoms with E-state index in [-0.39, 0.29) is 11.2 Å². The normalized spacial score (nSPS) is 17.2. The van der Waals surface area contributed by atoms with E-state index in [1.54, 1.807) is 11.3 Å². The molecule has 1 aliphatic carbocycles. The Morgan fingerprint density at radius 1 is 1.36 bits per heavy atom. The number of rotatable bonds is 6. The zero-order valence-electron chi connectivity index (χ0n) is 14.9. The summed E-state index contributed by atoms with van der Waals surface area (Å²) in [6.45, 7) is 4.83. The molecule has 3 rings (SSSR count). The Morgan fingerprint density at radius 3 is 2.76 bits per heavy atom. The summed E-state index contributed by atoms with van der Waals surface area (Å²) < 4.78 is 2.09. The quantitative estimate of drug-likeness (QED) is 0.600. The Morgan fingerprint density at radius 2 is 2.12 bits per heavy atom. The molecule has 1 fully saturated rings. The molecule has 0 aliphatic heterocycles. The van der Waals surface area contributed by atoms with Crippen LogP contribution in [0.5, 0.6) is 0 Å². The molecule has 0 bridgehead atoms. The van der Waals surface area contributed by atoms with Crippen molar-refractivity contribution in [3.63, 3.8) is 0 Å². The Labute approximate surface area is 157 Å². The van der Waals surface area contributed by atoms with E-state index in [9.17, 15) is 4.79 Å². The van der Waals surface area contributed by atoms with Crippen LogP contribution in [0.2, 0.25) is 0 Å². The van der Waals surface area contributed by atoms with E-state index in [4.69, 9.17) is 0 Å². The van der Waals surface area contributed by atoms with Crippen molar-refractivity contribution in [1.82, 2.24) is 20.1 Å². The number of carbonyl (C=O) groups is 1. The van der Waals surface area contributed by atoms with Crippen molar-refractivity contribution in [2.75, 3.05) is 0 Å². The zero-order valence-corrected chi connectivity index (χ0v) is 16.5. The molecule has 1 aliphatic rings. The number of hydrogen-bond donors (Lipinski definition) is 1. The molecule has 1 saturated carbocycles. The van der Waals surface area contributed by atoms with Gasteiger partial charge in [0.05, 0.1) is 10.1 Å². The van der Waals surface area contributed by atoms with Gasteiger partial charge in [0.1, 0.15) is 0 Å². The summed E-state index contributed by atoms with van der Waals surface area (Å²) in [6.07, 6.45) is 7.25. The fourth-order valence-electron chi connectivity index (χ4n) is 3.20. The van der Waals surface area contributed by atoms with E-state index in [0.29, 0.717) is 6.04 Å². The molecule has 25 heavy (non-hydrogen) atoms. The molecule has 5 nitrogen and oxygen atoms in total. The zero-order chi connectivity index (χ0) is 17.6. The van der Waals surface area contributed by atoms with Gasteiger partial charge in [0.15, 0.2) is 11.0 Å². The first-order valence-electron chi connectivity index (χ1n) is 9.13. The number of carbonyl (C=O) groups excluding carboxylic acids is 1. The largest absolute Gasteiger partial charge is 0.352 e. The highest BCUT2D eigenvalue weighted by atomic mass is 32.2. The first kappa shape index (κ1) is 18.5. The summed E-state index contributed by atoms with van der Waals surface area (Å²) in [7, 11) is 0. The minimum atomic E-state index is -0.172. The summed E-state index contributed by atoms with van der Waals surface area (Å²) in [4.78, 5) is 13.7. The van der Waals surface area contributed by atoms with Crippen LogP contribution in [0.3, 0.4) is 0 Å². The highest BCUT2D eigenvalue weighted by Crippen LogP contribution is 2.29. The smallest absolute Gasteiger partial charge is 0.233 e. The third kappa shape index (κ3) is 4.64. The van der Waals surface area contributed by atoms with E-state index in [0.717, 1.165) is 35.2 Å². The predicted molar refractivity (Wildman–Crippen MR) is 104 cm³/mol. The number of hydrogen-bond acceptors (Lipinski definition) is 5. The van der Waals surface area contributed by atoms with E-state index in [2.05, 4.69) is 33.1 Å². The Hall–Kier alpha value is -1.34. The van der Waals surface area contributed by atoms with Crippen molar-refractivity contribution in [3.05, 3.63) is 17.5 Å². The molecule has 0 radical (unpaired) electrons. The summed E-state index contributed by atoms with van der Waals surface area (Å²) >= 11 is 3.15. The van der Waals surface area contributed by atoms with Gasteiger partial charge < -0.3 is 9.88 Å². The van der Waals surface area contributed by atoms with Crippen LogP contribution >= 0.6 is 23.1 Å². The Kier molecular flexibility index (Phi) is 6.53. The van der Waals surface area contributed by atoms with Crippen LogP contribution in [0.25, 0.3) is 10.7 Å². The molecular weight excluding hydrogens is 352 g/mol. The molecule has 0 unspecified atom stereocenters. The predicted octanol–water partition coefficient (Wildman–Crippen LogP) is 4.35. The van der Waals surface area contributed by atoms with Gasteiger partial charge >= 0.3 is 0 Å². The minimum absolute atomic E-state index is 0.111. The summed E-state index contributed by atoms with van der Waals surface area (Å²) in [5.74, 6) is 0.997. The van der Waals surface area contributed by atoms with E-state index < -0.39 is 0 Å². The van der Waals surface area contributed by atoms with Crippen LogP contribution in [0, 0.1) is 0 Å². The molecule has 0 spiro atoms. The molecule has 2 aromatic rings. The van der Waals surface area contributed by atoms with E-state index in [1.165, 1.54) is 37.4 Å². The molecule has 2 heterocycles. The van der Waals surface area contributed by atoms with Gasteiger partial charge in [-0.2, -0.15) is 0 Å². The average molecular weight is 379 g/mol. The second-order valence-electron chi connectivity index (χ2n) is 6.48. The van der Waals surface area contributed by atoms with Crippen molar-refractivity contribution < 1.29 is 4.79 Å². The summed E-state index contributed by atoms with van der Waals surface area (Å²) in [5.41, 5.74) is 0. The molecule has 7 heteroatoms. The third-order valence-corrected chi connectivity index (χ3v) is 6.57. The Balaban J connectivity index is 1.64. The molecule has 2 aromatic heterocycles. The highest BCUT2D eigenvalue weighted by Gasteiger charge is 2.23. The van der Waals surface area contributed by atoms with Crippen LogP contribution in [0.1, 0.15) is 52.4 Å². The molecule has 1 amide bonds. The van der Waals surface area contributed by atoms with Crippen LogP contribution < -0.4 is 5.32 Å². The molecule has 1 N–H and O–H groups in total. The van der Waals surface area contributed by atoms with Crippen molar-refractivity contribution in [1.29, 1.82) is 0 Å². The van der Waals surface area contributed by atoms with E-state index >= 15 is 0 Å². The monoisotopic (exact) mass is 378 g/mol. The lowest BCUT2D eigenvalue weighted by Crippen LogP contribution is -2.39. The Bertz CT molecular complexity index is 675. The van der Waals surface area contributed by atoms with Gasteiger partial charge in [-0.1, -0.05) is 43.5 Å². The van der Waals surface area contributed by atoms with Crippen LogP contribution in [-0.4, -0.2) is 32.0 Å². The van der Waals surface area contributed by atoms with E-state index in [1.807, 2.05) is 18.4 Å². The minimum Gasteiger partial charge on any atom is -0.352 e. The lowest BCUT2D eigenvalue weighted by atomic mass is 10.1. The van der Waals surface area contributed by atoms with Gasteiger partial charge in [-0.05, 0) is 38.1 Å².